The second-order valence-corrected chi connectivity index (χ2v) is 10.4. The van der Waals surface area contributed by atoms with E-state index in [1.807, 2.05) is 47.0 Å². The number of allylic oxidation sites excluding steroid dienone is 6. The van der Waals surface area contributed by atoms with Crippen LogP contribution in [0.5, 0.6) is 0 Å². The fraction of sp³-hybridized carbons (Fsp3) is 0.321. The fourth-order valence-corrected chi connectivity index (χ4v) is 4.79. The van der Waals surface area contributed by atoms with E-state index in [-0.39, 0.29) is 12.0 Å². The van der Waals surface area contributed by atoms with E-state index in [2.05, 4.69) is 57.4 Å². The van der Waals surface area contributed by atoms with Crippen LogP contribution in [0.4, 0.5) is 5.82 Å². The molecule has 2 heterocycles. The zero-order chi connectivity index (χ0) is 26.4. The lowest BCUT2D eigenvalue weighted by molar-refractivity contribution is 0.0600. The number of rotatable bonds is 10. The van der Waals surface area contributed by atoms with E-state index >= 15 is 0 Å². The van der Waals surface area contributed by atoms with Gasteiger partial charge in [0.25, 0.3) is 0 Å². The number of carbonyl (C=O) groups excluding carboxylic acids is 1. The Hall–Kier alpha value is -2.94. The van der Waals surface area contributed by atoms with Crippen molar-refractivity contribution in [3.05, 3.63) is 87.2 Å². The number of aromatic nitrogens is 3. The van der Waals surface area contributed by atoms with Gasteiger partial charge in [0.15, 0.2) is 5.65 Å². The highest BCUT2D eigenvalue weighted by Gasteiger charge is 2.17. The third-order valence-corrected chi connectivity index (χ3v) is 7.15. The van der Waals surface area contributed by atoms with Crippen molar-refractivity contribution in [2.75, 3.05) is 26.0 Å². The van der Waals surface area contributed by atoms with Crippen LogP contribution in [0.1, 0.15) is 47.8 Å². The number of esters is 1. The predicted molar refractivity (Wildman–Crippen MR) is 153 cm³/mol. The minimum Gasteiger partial charge on any atom is -0.465 e. The van der Waals surface area contributed by atoms with Crippen molar-refractivity contribution in [2.24, 2.45) is 0 Å². The van der Waals surface area contributed by atoms with Crippen molar-refractivity contribution in [3.63, 3.8) is 0 Å². The summed E-state index contributed by atoms with van der Waals surface area (Å²) in [5.74, 6) is 0.577. The number of ether oxygens (including phenoxy) is 1. The zero-order valence-electron chi connectivity index (χ0n) is 21.2. The number of hydrogen-bond acceptors (Lipinski definition) is 6. The molecule has 4 rings (SSSR count). The van der Waals surface area contributed by atoms with Crippen molar-refractivity contribution < 1.29 is 9.53 Å². The molecule has 0 bridgehead atoms. The molecular weight excluding hydrogens is 554 g/mol. The smallest absolute Gasteiger partial charge is 0.337 e. The molecule has 9 heteroatoms. The first-order valence-electron chi connectivity index (χ1n) is 12.3. The van der Waals surface area contributed by atoms with E-state index in [9.17, 15) is 4.79 Å². The largest absolute Gasteiger partial charge is 0.465 e. The number of carbonyl (C=O) groups is 1. The molecule has 2 aromatic heterocycles. The molecular formula is C28H31BrClN5O2. The van der Waals surface area contributed by atoms with Crippen LogP contribution in [0.3, 0.4) is 0 Å². The minimum atomic E-state index is -0.319. The van der Waals surface area contributed by atoms with Gasteiger partial charge in [-0.15, -0.1) is 0 Å². The number of nitrogens with zero attached hydrogens (tertiary/aromatic N) is 4. The quantitative estimate of drug-likeness (QED) is 0.276. The van der Waals surface area contributed by atoms with Crippen LogP contribution in [0.15, 0.2) is 70.3 Å². The first-order chi connectivity index (χ1) is 17.9. The summed E-state index contributed by atoms with van der Waals surface area (Å²) in [6.45, 7) is 3.89. The number of hydrogen-bond donors (Lipinski definition) is 1. The summed E-state index contributed by atoms with van der Waals surface area (Å²) in [6.07, 6.45) is 12.2. The third-order valence-electron chi connectivity index (χ3n) is 6.33. The molecule has 1 aromatic carbocycles. The van der Waals surface area contributed by atoms with Gasteiger partial charge >= 0.3 is 5.97 Å². The normalized spacial score (nSPS) is 14.3. The summed E-state index contributed by atoms with van der Waals surface area (Å²) >= 11 is 9.96. The Morgan fingerprint density at radius 1 is 1.27 bits per heavy atom. The SMILES string of the molecule is CCC(CCN(C)Cc1ccc(C(=O)OC)cc1)Nc1cc(C2=CC=CC=C(Cl)C2)nc2c(Br)cnn12. The molecule has 1 aliphatic carbocycles. The first-order valence-corrected chi connectivity index (χ1v) is 13.4. The molecule has 1 aliphatic rings. The molecule has 0 aliphatic heterocycles. The van der Waals surface area contributed by atoms with Gasteiger partial charge in [-0.2, -0.15) is 9.61 Å². The number of anilines is 1. The maximum Gasteiger partial charge on any atom is 0.337 e. The van der Waals surface area contributed by atoms with Gasteiger partial charge in [0, 0.05) is 36.7 Å². The van der Waals surface area contributed by atoms with Crippen molar-refractivity contribution in [1.82, 2.24) is 19.5 Å². The zero-order valence-corrected chi connectivity index (χ0v) is 23.6. The molecule has 0 spiro atoms. The molecule has 1 N–H and O–H groups in total. The maximum absolute atomic E-state index is 11.7. The number of nitrogens with one attached hydrogen (secondary N) is 1. The summed E-state index contributed by atoms with van der Waals surface area (Å²) in [5.41, 5.74) is 4.40. The Morgan fingerprint density at radius 2 is 2.03 bits per heavy atom. The topological polar surface area (TPSA) is 71.8 Å². The highest BCUT2D eigenvalue weighted by atomic mass is 79.9. The number of methoxy groups -OCH3 is 1. The van der Waals surface area contributed by atoms with Gasteiger partial charge in [-0.05, 0) is 65.2 Å². The van der Waals surface area contributed by atoms with Crippen LogP contribution < -0.4 is 5.32 Å². The third kappa shape index (κ3) is 6.89. The van der Waals surface area contributed by atoms with Gasteiger partial charge in [-0.25, -0.2) is 9.78 Å². The molecule has 1 unspecified atom stereocenters. The average Bonchev–Trinajstić information content (AvgIpc) is 3.14. The fourth-order valence-electron chi connectivity index (χ4n) is 4.23. The molecule has 0 fully saturated rings. The van der Waals surface area contributed by atoms with Crippen molar-refractivity contribution in [3.8, 4) is 0 Å². The second-order valence-electron chi connectivity index (χ2n) is 9.09. The van der Waals surface area contributed by atoms with Crippen molar-refractivity contribution in [1.29, 1.82) is 0 Å². The van der Waals surface area contributed by atoms with Crippen LogP contribution >= 0.6 is 27.5 Å². The lowest BCUT2D eigenvalue weighted by Crippen LogP contribution is -2.28. The first kappa shape index (κ1) is 27.1. The van der Waals surface area contributed by atoms with Crippen molar-refractivity contribution >= 4 is 50.5 Å². The van der Waals surface area contributed by atoms with Crippen LogP contribution in [0.25, 0.3) is 11.2 Å². The summed E-state index contributed by atoms with van der Waals surface area (Å²) in [7, 11) is 3.50. The van der Waals surface area contributed by atoms with E-state index in [1.54, 1.807) is 6.20 Å². The highest BCUT2D eigenvalue weighted by molar-refractivity contribution is 9.10. The maximum atomic E-state index is 11.7. The Balaban J connectivity index is 1.45. The van der Waals surface area contributed by atoms with E-state index in [1.165, 1.54) is 7.11 Å². The van der Waals surface area contributed by atoms with Crippen LogP contribution in [-0.2, 0) is 11.3 Å². The molecule has 0 saturated carbocycles. The molecule has 0 saturated heterocycles. The molecule has 1 atom stereocenters. The van der Waals surface area contributed by atoms with E-state index in [4.69, 9.17) is 21.3 Å². The highest BCUT2D eigenvalue weighted by Crippen LogP contribution is 2.29. The Labute approximate surface area is 231 Å². The Bertz CT molecular complexity index is 1350. The van der Waals surface area contributed by atoms with Gasteiger partial charge in [-0.3, -0.25) is 0 Å². The second kappa shape index (κ2) is 12.5. The molecule has 0 amide bonds. The van der Waals surface area contributed by atoms with Gasteiger partial charge in [0.1, 0.15) is 5.82 Å². The molecule has 194 valence electrons. The minimum absolute atomic E-state index is 0.247. The van der Waals surface area contributed by atoms with Crippen molar-refractivity contribution in [2.45, 2.75) is 38.8 Å². The van der Waals surface area contributed by atoms with Gasteiger partial charge < -0.3 is 15.0 Å². The van der Waals surface area contributed by atoms with E-state index < -0.39 is 0 Å². The molecule has 7 nitrogen and oxygen atoms in total. The number of fused-ring (bicyclic) bond motifs is 1. The summed E-state index contributed by atoms with van der Waals surface area (Å²) in [4.78, 5) is 18.8. The lowest BCUT2D eigenvalue weighted by Gasteiger charge is -2.23. The molecule has 0 radical (unpaired) electrons. The van der Waals surface area contributed by atoms with Gasteiger partial charge in [-0.1, -0.05) is 48.9 Å². The average molecular weight is 585 g/mol. The van der Waals surface area contributed by atoms with Gasteiger partial charge in [0.05, 0.1) is 29.0 Å². The van der Waals surface area contributed by atoms with Crippen LogP contribution in [0, 0.1) is 0 Å². The molecule has 3 aromatic rings. The summed E-state index contributed by atoms with van der Waals surface area (Å²) < 4.78 is 7.46. The van der Waals surface area contributed by atoms with Crippen LogP contribution in [0.2, 0.25) is 0 Å². The van der Waals surface area contributed by atoms with Gasteiger partial charge in [0.2, 0.25) is 0 Å². The lowest BCUT2D eigenvalue weighted by atomic mass is 10.1. The number of halogens is 2. The number of benzene rings is 1. The summed E-state index contributed by atoms with van der Waals surface area (Å²) in [6, 6.07) is 9.86. The molecule has 37 heavy (non-hydrogen) atoms. The van der Waals surface area contributed by atoms with E-state index in [0.717, 1.165) is 63.7 Å². The standard InChI is InChI=1S/C28H31BrClN5O2/c1-4-23(13-14-34(2)18-19-9-11-20(12-10-19)28(36)37-3)32-26-16-25(21-7-5-6-8-22(30)15-21)33-27-24(29)17-31-35(26)27/h5-12,16-17,23,32H,4,13-15,18H2,1-3H3. The van der Waals surface area contributed by atoms with Crippen LogP contribution in [-0.4, -0.2) is 52.2 Å². The predicted octanol–water partition coefficient (Wildman–Crippen LogP) is 6.46. The monoisotopic (exact) mass is 583 g/mol. The summed E-state index contributed by atoms with van der Waals surface area (Å²) in [5, 5.41) is 9.01. The Morgan fingerprint density at radius 3 is 2.76 bits per heavy atom. The van der Waals surface area contributed by atoms with E-state index in [0.29, 0.717) is 12.0 Å². The Kier molecular flexibility index (Phi) is 9.18.